The Morgan fingerprint density at radius 3 is 2.81 bits per heavy atom. The summed E-state index contributed by atoms with van der Waals surface area (Å²) in [4.78, 5) is 2.63. The SMILES string of the molecule is CCC1CNCCN1C(C)c1ccccc1. The Labute approximate surface area is 98.7 Å². The van der Waals surface area contributed by atoms with Gasteiger partial charge in [-0.15, -0.1) is 0 Å². The molecule has 1 aliphatic heterocycles. The summed E-state index contributed by atoms with van der Waals surface area (Å²) >= 11 is 0. The fourth-order valence-electron chi connectivity index (χ4n) is 2.59. The van der Waals surface area contributed by atoms with Crippen molar-refractivity contribution in [2.45, 2.75) is 32.4 Å². The quantitative estimate of drug-likeness (QED) is 0.838. The van der Waals surface area contributed by atoms with Crippen molar-refractivity contribution < 1.29 is 0 Å². The molecule has 2 atom stereocenters. The van der Waals surface area contributed by atoms with E-state index in [4.69, 9.17) is 0 Å². The van der Waals surface area contributed by atoms with E-state index in [9.17, 15) is 0 Å². The highest BCUT2D eigenvalue weighted by Crippen LogP contribution is 2.24. The Balaban J connectivity index is 2.10. The van der Waals surface area contributed by atoms with Crippen molar-refractivity contribution in [3.8, 4) is 0 Å². The zero-order valence-corrected chi connectivity index (χ0v) is 10.3. The van der Waals surface area contributed by atoms with Gasteiger partial charge >= 0.3 is 0 Å². The number of nitrogens with one attached hydrogen (secondary N) is 1. The maximum atomic E-state index is 3.48. The summed E-state index contributed by atoms with van der Waals surface area (Å²) in [5.74, 6) is 0. The van der Waals surface area contributed by atoms with E-state index in [0.717, 1.165) is 19.6 Å². The lowest BCUT2D eigenvalue weighted by molar-refractivity contribution is 0.112. The maximum Gasteiger partial charge on any atom is 0.0323 e. The third kappa shape index (κ3) is 2.45. The van der Waals surface area contributed by atoms with E-state index in [0.29, 0.717) is 12.1 Å². The first kappa shape index (κ1) is 11.6. The minimum Gasteiger partial charge on any atom is -0.314 e. The molecular formula is C14H22N2. The van der Waals surface area contributed by atoms with Gasteiger partial charge in [0.15, 0.2) is 0 Å². The molecule has 0 aliphatic carbocycles. The Morgan fingerprint density at radius 2 is 2.12 bits per heavy atom. The molecule has 0 saturated carbocycles. The van der Waals surface area contributed by atoms with Gasteiger partial charge in [-0.25, -0.2) is 0 Å². The van der Waals surface area contributed by atoms with Crippen LogP contribution in [0, 0.1) is 0 Å². The molecule has 2 heteroatoms. The van der Waals surface area contributed by atoms with E-state index in [-0.39, 0.29) is 0 Å². The minimum atomic E-state index is 0.535. The molecule has 2 unspecified atom stereocenters. The molecule has 0 bridgehead atoms. The number of hydrogen-bond acceptors (Lipinski definition) is 2. The molecule has 0 radical (unpaired) electrons. The van der Waals surface area contributed by atoms with E-state index >= 15 is 0 Å². The number of piperazine rings is 1. The van der Waals surface area contributed by atoms with E-state index in [2.05, 4.69) is 54.4 Å². The molecule has 1 aromatic rings. The lowest BCUT2D eigenvalue weighted by Gasteiger charge is -2.40. The van der Waals surface area contributed by atoms with Gasteiger partial charge in [0.25, 0.3) is 0 Å². The van der Waals surface area contributed by atoms with Gasteiger partial charge in [-0.2, -0.15) is 0 Å². The molecule has 1 N–H and O–H groups in total. The van der Waals surface area contributed by atoms with E-state index < -0.39 is 0 Å². The Hall–Kier alpha value is -0.860. The molecule has 0 amide bonds. The van der Waals surface area contributed by atoms with Gasteiger partial charge in [0.1, 0.15) is 0 Å². The summed E-state index contributed by atoms with van der Waals surface area (Å²) in [7, 11) is 0. The molecule has 1 saturated heterocycles. The van der Waals surface area contributed by atoms with Crippen LogP contribution in [0.3, 0.4) is 0 Å². The molecule has 1 aliphatic rings. The molecule has 88 valence electrons. The normalized spacial score (nSPS) is 24.2. The monoisotopic (exact) mass is 218 g/mol. The minimum absolute atomic E-state index is 0.535. The smallest absolute Gasteiger partial charge is 0.0323 e. The number of benzene rings is 1. The van der Waals surface area contributed by atoms with Crippen LogP contribution in [0.4, 0.5) is 0 Å². The maximum absolute atomic E-state index is 3.48. The largest absolute Gasteiger partial charge is 0.314 e. The topological polar surface area (TPSA) is 15.3 Å². The van der Waals surface area contributed by atoms with Crippen molar-refractivity contribution >= 4 is 0 Å². The van der Waals surface area contributed by atoms with Crippen LogP contribution in [0.2, 0.25) is 0 Å². The van der Waals surface area contributed by atoms with Crippen LogP contribution in [0.5, 0.6) is 0 Å². The highest BCUT2D eigenvalue weighted by atomic mass is 15.2. The van der Waals surface area contributed by atoms with Crippen LogP contribution in [-0.2, 0) is 0 Å². The Bertz CT molecular complexity index is 310. The summed E-state index contributed by atoms with van der Waals surface area (Å²) in [6.45, 7) is 8.02. The van der Waals surface area contributed by atoms with Gasteiger partial charge in [-0.3, -0.25) is 4.90 Å². The van der Waals surface area contributed by atoms with Crippen LogP contribution in [0.15, 0.2) is 30.3 Å². The molecule has 2 rings (SSSR count). The fraction of sp³-hybridized carbons (Fsp3) is 0.571. The van der Waals surface area contributed by atoms with Crippen molar-refractivity contribution in [1.29, 1.82) is 0 Å². The molecular weight excluding hydrogens is 196 g/mol. The van der Waals surface area contributed by atoms with Crippen LogP contribution in [-0.4, -0.2) is 30.6 Å². The second kappa shape index (κ2) is 5.46. The van der Waals surface area contributed by atoms with Crippen molar-refractivity contribution in [2.75, 3.05) is 19.6 Å². The second-order valence-corrected chi connectivity index (χ2v) is 4.59. The van der Waals surface area contributed by atoms with Crippen molar-refractivity contribution in [2.24, 2.45) is 0 Å². The highest BCUT2D eigenvalue weighted by Gasteiger charge is 2.25. The average molecular weight is 218 g/mol. The molecule has 1 heterocycles. The molecule has 1 aromatic carbocycles. The molecule has 0 aromatic heterocycles. The van der Waals surface area contributed by atoms with E-state index in [1.165, 1.54) is 12.0 Å². The summed E-state index contributed by atoms with van der Waals surface area (Å²) in [6.07, 6.45) is 1.23. The van der Waals surface area contributed by atoms with Gasteiger partial charge < -0.3 is 5.32 Å². The van der Waals surface area contributed by atoms with Gasteiger partial charge in [-0.05, 0) is 18.9 Å². The van der Waals surface area contributed by atoms with Gasteiger partial charge in [0.2, 0.25) is 0 Å². The molecule has 0 spiro atoms. The first-order valence-corrected chi connectivity index (χ1v) is 6.34. The van der Waals surface area contributed by atoms with Crippen LogP contribution < -0.4 is 5.32 Å². The zero-order chi connectivity index (χ0) is 11.4. The predicted molar refractivity (Wildman–Crippen MR) is 68.5 cm³/mol. The van der Waals surface area contributed by atoms with Gasteiger partial charge in [0, 0.05) is 31.7 Å². The number of nitrogens with zero attached hydrogens (tertiary/aromatic N) is 1. The summed E-state index contributed by atoms with van der Waals surface area (Å²) in [5, 5.41) is 3.48. The summed E-state index contributed by atoms with van der Waals surface area (Å²) in [6, 6.07) is 12.0. The van der Waals surface area contributed by atoms with Crippen LogP contribution in [0.25, 0.3) is 0 Å². The number of rotatable bonds is 3. The fourth-order valence-corrected chi connectivity index (χ4v) is 2.59. The van der Waals surface area contributed by atoms with Crippen molar-refractivity contribution in [1.82, 2.24) is 10.2 Å². The lowest BCUT2D eigenvalue weighted by atomic mass is 10.0. The average Bonchev–Trinajstić information content (AvgIpc) is 2.39. The highest BCUT2D eigenvalue weighted by molar-refractivity contribution is 5.18. The predicted octanol–water partition coefficient (Wildman–Crippen LogP) is 2.43. The number of hydrogen-bond donors (Lipinski definition) is 1. The van der Waals surface area contributed by atoms with E-state index in [1.54, 1.807) is 0 Å². The van der Waals surface area contributed by atoms with Gasteiger partial charge in [-0.1, -0.05) is 37.3 Å². The molecule has 1 fully saturated rings. The van der Waals surface area contributed by atoms with E-state index in [1.807, 2.05) is 0 Å². The van der Waals surface area contributed by atoms with Crippen molar-refractivity contribution in [3.63, 3.8) is 0 Å². The molecule has 2 nitrogen and oxygen atoms in total. The third-order valence-corrected chi connectivity index (χ3v) is 3.65. The second-order valence-electron chi connectivity index (χ2n) is 4.59. The van der Waals surface area contributed by atoms with Crippen LogP contribution in [0.1, 0.15) is 31.9 Å². The zero-order valence-electron chi connectivity index (χ0n) is 10.3. The van der Waals surface area contributed by atoms with Crippen LogP contribution >= 0.6 is 0 Å². The molecule has 16 heavy (non-hydrogen) atoms. The Morgan fingerprint density at radius 1 is 1.38 bits per heavy atom. The Kier molecular flexibility index (Phi) is 3.97. The van der Waals surface area contributed by atoms with Gasteiger partial charge in [0.05, 0.1) is 0 Å². The summed E-state index contributed by atoms with van der Waals surface area (Å²) < 4.78 is 0. The standard InChI is InChI=1S/C14H22N2/c1-3-14-11-15-9-10-16(14)12(2)13-7-5-4-6-8-13/h4-8,12,14-15H,3,9-11H2,1-2H3. The summed E-state index contributed by atoms with van der Waals surface area (Å²) in [5.41, 5.74) is 1.43. The first-order valence-electron chi connectivity index (χ1n) is 6.34. The first-order chi connectivity index (χ1) is 7.83. The lowest BCUT2D eigenvalue weighted by Crippen LogP contribution is -2.51. The van der Waals surface area contributed by atoms with Crippen molar-refractivity contribution in [3.05, 3.63) is 35.9 Å². The third-order valence-electron chi connectivity index (χ3n) is 3.65.